The zero-order valence-corrected chi connectivity index (χ0v) is 14.6. The van der Waals surface area contributed by atoms with Crippen LogP contribution in [0.4, 0.5) is 0 Å². The molecule has 0 radical (unpaired) electrons. The normalized spacial score (nSPS) is 11.8. The van der Waals surface area contributed by atoms with Crippen LogP contribution in [0, 0.1) is 5.92 Å². The minimum absolute atomic E-state index is 0.203. The van der Waals surface area contributed by atoms with Crippen molar-refractivity contribution in [2.75, 3.05) is 13.2 Å². The first-order valence-corrected chi connectivity index (χ1v) is 8.31. The maximum Gasteiger partial charge on any atom is 0.326 e. The monoisotopic (exact) mass is 337 g/mol. The Morgan fingerprint density at radius 1 is 1.17 bits per heavy atom. The van der Waals surface area contributed by atoms with Crippen LogP contribution >= 0.6 is 0 Å². The van der Waals surface area contributed by atoms with Gasteiger partial charge in [0.2, 0.25) is 0 Å². The molecule has 1 aromatic carbocycles. The Morgan fingerprint density at radius 2 is 1.83 bits per heavy atom. The molecule has 0 aliphatic carbocycles. The van der Waals surface area contributed by atoms with Gasteiger partial charge in [0.15, 0.2) is 6.61 Å². The Bertz CT molecular complexity index is 530. The van der Waals surface area contributed by atoms with Crippen molar-refractivity contribution in [3.05, 3.63) is 24.3 Å². The number of carbonyl (C=O) groups is 2. The van der Waals surface area contributed by atoms with E-state index in [2.05, 4.69) is 12.2 Å². The van der Waals surface area contributed by atoms with E-state index >= 15 is 0 Å². The number of unbranched alkanes of at least 4 members (excludes halogenated alkanes) is 2. The summed E-state index contributed by atoms with van der Waals surface area (Å²) in [6, 6.07) is 6.14. The molecule has 1 aromatic rings. The van der Waals surface area contributed by atoms with Crippen molar-refractivity contribution in [1.82, 2.24) is 5.32 Å². The third-order valence-corrected chi connectivity index (χ3v) is 3.44. The molecule has 0 heterocycles. The lowest BCUT2D eigenvalue weighted by Crippen LogP contribution is -2.46. The van der Waals surface area contributed by atoms with E-state index < -0.39 is 17.9 Å². The summed E-state index contributed by atoms with van der Waals surface area (Å²) in [5.74, 6) is -0.526. The summed E-state index contributed by atoms with van der Waals surface area (Å²) in [6.45, 7) is 6.01. The number of ether oxygens (including phenoxy) is 2. The molecule has 134 valence electrons. The molecular formula is C18H27NO5. The van der Waals surface area contributed by atoms with Crippen LogP contribution in [0.25, 0.3) is 0 Å². The summed E-state index contributed by atoms with van der Waals surface area (Å²) in [5, 5.41) is 11.5. The van der Waals surface area contributed by atoms with Gasteiger partial charge in [-0.1, -0.05) is 39.7 Å². The number of carbonyl (C=O) groups excluding carboxylic acids is 1. The van der Waals surface area contributed by atoms with Gasteiger partial charge >= 0.3 is 5.97 Å². The third kappa shape index (κ3) is 7.35. The number of hydrogen-bond acceptors (Lipinski definition) is 4. The van der Waals surface area contributed by atoms with Crippen molar-refractivity contribution in [1.29, 1.82) is 0 Å². The maximum atomic E-state index is 11.8. The average molecular weight is 337 g/mol. The second-order valence-corrected chi connectivity index (χ2v) is 5.95. The Hall–Kier alpha value is -2.24. The Balaban J connectivity index is 2.46. The molecule has 1 amide bonds. The predicted molar refractivity (Wildman–Crippen MR) is 91.4 cm³/mol. The highest BCUT2D eigenvalue weighted by Gasteiger charge is 2.23. The summed E-state index contributed by atoms with van der Waals surface area (Å²) in [4.78, 5) is 22.9. The van der Waals surface area contributed by atoms with Crippen molar-refractivity contribution in [2.24, 2.45) is 5.92 Å². The summed E-state index contributed by atoms with van der Waals surface area (Å²) in [6.07, 6.45) is 3.25. The summed E-state index contributed by atoms with van der Waals surface area (Å²) in [5.41, 5.74) is 0. The van der Waals surface area contributed by atoms with Gasteiger partial charge < -0.3 is 19.9 Å². The van der Waals surface area contributed by atoms with Gasteiger partial charge in [0, 0.05) is 6.07 Å². The average Bonchev–Trinajstić information content (AvgIpc) is 2.54. The number of hydrogen-bond donors (Lipinski definition) is 2. The highest BCUT2D eigenvalue weighted by Crippen LogP contribution is 2.19. The molecule has 6 heteroatoms. The minimum Gasteiger partial charge on any atom is -0.493 e. The van der Waals surface area contributed by atoms with Crippen LogP contribution in [0.15, 0.2) is 24.3 Å². The van der Waals surface area contributed by atoms with E-state index in [9.17, 15) is 9.59 Å². The van der Waals surface area contributed by atoms with E-state index in [0.717, 1.165) is 19.3 Å². The highest BCUT2D eigenvalue weighted by atomic mass is 16.5. The minimum atomic E-state index is -1.05. The van der Waals surface area contributed by atoms with E-state index in [4.69, 9.17) is 14.6 Å². The fourth-order valence-electron chi connectivity index (χ4n) is 2.07. The Kier molecular flexibility index (Phi) is 8.68. The molecule has 2 N–H and O–H groups in total. The van der Waals surface area contributed by atoms with Crippen LogP contribution in [-0.4, -0.2) is 36.2 Å². The van der Waals surface area contributed by atoms with E-state index in [1.54, 1.807) is 32.0 Å². The molecule has 24 heavy (non-hydrogen) atoms. The molecule has 0 fully saturated rings. The van der Waals surface area contributed by atoms with Gasteiger partial charge in [0.05, 0.1) is 6.61 Å². The van der Waals surface area contributed by atoms with Gasteiger partial charge in [-0.2, -0.15) is 0 Å². The molecule has 6 nitrogen and oxygen atoms in total. The first-order valence-electron chi connectivity index (χ1n) is 8.31. The van der Waals surface area contributed by atoms with Crippen LogP contribution in [-0.2, 0) is 9.59 Å². The number of carboxylic acids is 1. The second-order valence-electron chi connectivity index (χ2n) is 5.95. The number of amides is 1. The van der Waals surface area contributed by atoms with Crippen molar-refractivity contribution < 1.29 is 24.2 Å². The molecule has 1 rings (SSSR count). The second kappa shape index (κ2) is 10.5. The molecule has 0 aliphatic rings. The van der Waals surface area contributed by atoms with Crippen molar-refractivity contribution in [2.45, 2.75) is 46.1 Å². The molecule has 0 spiro atoms. The van der Waals surface area contributed by atoms with Crippen molar-refractivity contribution >= 4 is 11.9 Å². The molecule has 0 bridgehead atoms. The van der Waals surface area contributed by atoms with Gasteiger partial charge in [-0.05, 0) is 24.5 Å². The van der Waals surface area contributed by atoms with Crippen molar-refractivity contribution in [3.8, 4) is 11.5 Å². The van der Waals surface area contributed by atoms with Crippen LogP contribution in [0.5, 0.6) is 11.5 Å². The fraction of sp³-hybridized carbons (Fsp3) is 0.556. The zero-order chi connectivity index (χ0) is 17.9. The maximum absolute atomic E-state index is 11.8. The zero-order valence-electron chi connectivity index (χ0n) is 14.6. The SMILES string of the molecule is CCCCCOc1cccc(OCC(=O)NC(C(=O)O)C(C)C)c1. The molecular weight excluding hydrogens is 310 g/mol. The van der Waals surface area contributed by atoms with Gasteiger partial charge in [-0.15, -0.1) is 0 Å². The molecule has 0 saturated carbocycles. The topological polar surface area (TPSA) is 84.9 Å². The van der Waals surface area contributed by atoms with Gasteiger partial charge in [-0.25, -0.2) is 4.79 Å². The molecule has 0 saturated heterocycles. The van der Waals surface area contributed by atoms with Gasteiger partial charge in [0.1, 0.15) is 17.5 Å². The number of nitrogens with one attached hydrogen (secondary N) is 1. The van der Waals surface area contributed by atoms with Gasteiger partial charge in [0.25, 0.3) is 5.91 Å². The summed E-state index contributed by atoms with van der Waals surface area (Å²) in [7, 11) is 0. The molecule has 0 aliphatic heterocycles. The first kappa shape index (κ1) is 19.8. The van der Waals surface area contributed by atoms with E-state index in [1.165, 1.54) is 0 Å². The van der Waals surface area contributed by atoms with Crippen LogP contribution in [0.3, 0.4) is 0 Å². The van der Waals surface area contributed by atoms with E-state index in [0.29, 0.717) is 18.1 Å². The fourth-order valence-corrected chi connectivity index (χ4v) is 2.07. The lowest BCUT2D eigenvalue weighted by Gasteiger charge is -2.18. The lowest BCUT2D eigenvalue weighted by atomic mass is 10.1. The van der Waals surface area contributed by atoms with Crippen LogP contribution < -0.4 is 14.8 Å². The van der Waals surface area contributed by atoms with Crippen LogP contribution in [0.1, 0.15) is 40.0 Å². The summed E-state index contributed by atoms with van der Waals surface area (Å²) < 4.78 is 11.0. The molecule has 1 atom stereocenters. The van der Waals surface area contributed by atoms with E-state index in [-0.39, 0.29) is 12.5 Å². The standard InChI is InChI=1S/C18H27NO5/c1-4-5-6-10-23-14-8-7-9-15(11-14)24-12-16(20)19-17(13(2)3)18(21)22/h7-9,11,13,17H,4-6,10,12H2,1-3H3,(H,19,20)(H,21,22). The van der Waals surface area contributed by atoms with Crippen molar-refractivity contribution in [3.63, 3.8) is 0 Å². The number of aliphatic carboxylic acids is 1. The largest absolute Gasteiger partial charge is 0.493 e. The quantitative estimate of drug-likeness (QED) is 0.607. The number of carboxylic acid groups (broad SMARTS) is 1. The highest BCUT2D eigenvalue weighted by molar-refractivity contribution is 5.84. The number of rotatable bonds is 11. The van der Waals surface area contributed by atoms with E-state index in [1.807, 2.05) is 6.07 Å². The Labute approximate surface area is 143 Å². The smallest absolute Gasteiger partial charge is 0.326 e. The predicted octanol–water partition coefficient (Wildman–Crippen LogP) is 2.86. The number of benzene rings is 1. The van der Waals surface area contributed by atoms with Gasteiger partial charge in [-0.3, -0.25) is 4.79 Å². The lowest BCUT2D eigenvalue weighted by molar-refractivity contribution is -0.143. The Morgan fingerprint density at radius 3 is 2.42 bits per heavy atom. The van der Waals surface area contributed by atoms with Crippen LogP contribution in [0.2, 0.25) is 0 Å². The third-order valence-electron chi connectivity index (χ3n) is 3.44. The first-order chi connectivity index (χ1) is 11.4. The molecule has 0 aromatic heterocycles. The summed E-state index contributed by atoms with van der Waals surface area (Å²) >= 11 is 0. The molecule has 1 unspecified atom stereocenters.